The van der Waals surface area contributed by atoms with E-state index in [1.54, 1.807) is 0 Å². The Balaban J connectivity index is 1.31. The molecule has 1 aromatic rings. The van der Waals surface area contributed by atoms with E-state index in [4.69, 9.17) is 4.74 Å². The Bertz CT molecular complexity index is 455. The number of nitrogens with zero attached hydrogens (tertiary/aromatic N) is 2. The molecule has 0 bridgehead atoms. The molecule has 3 rings (SSSR count). The lowest BCUT2D eigenvalue weighted by molar-refractivity contribution is 0.153. The van der Waals surface area contributed by atoms with E-state index in [2.05, 4.69) is 40.4 Å². The van der Waals surface area contributed by atoms with E-state index in [9.17, 15) is 0 Å². The molecule has 0 amide bonds. The molecular weight excluding hydrogens is 262 g/mol. The smallest absolute Gasteiger partial charge is 0.122 e. The van der Waals surface area contributed by atoms with Crippen molar-refractivity contribution in [2.24, 2.45) is 0 Å². The van der Waals surface area contributed by atoms with Gasteiger partial charge >= 0.3 is 0 Å². The molecule has 116 valence electrons. The van der Waals surface area contributed by atoms with Gasteiger partial charge in [0.05, 0.1) is 6.61 Å². The zero-order valence-electron chi connectivity index (χ0n) is 13.1. The van der Waals surface area contributed by atoms with Gasteiger partial charge in [-0.2, -0.15) is 0 Å². The van der Waals surface area contributed by atoms with Gasteiger partial charge in [-0.05, 0) is 43.8 Å². The van der Waals surface area contributed by atoms with E-state index in [0.29, 0.717) is 0 Å². The van der Waals surface area contributed by atoms with Gasteiger partial charge in [0, 0.05) is 39.1 Å². The van der Waals surface area contributed by atoms with Crippen LogP contribution in [0.15, 0.2) is 18.2 Å². The first-order valence-corrected chi connectivity index (χ1v) is 8.17. The van der Waals surface area contributed by atoms with E-state index < -0.39 is 0 Å². The topological polar surface area (TPSA) is 27.7 Å². The van der Waals surface area contributed by atoms with E-state index in [1.165, 1.54) is 50.3 Å². The Labute approximate surface area is 128 Å². The molecule has 0 aromatic heterocycles. The molecule has 1 aromatic carbocycles. The van der Waals surface area contributed by atoms with Crippen LogP contribution in [0.2, 0.25) is 0 Å². The second-order valence-corrected chi connectivity index (χ2v) is 6.22. The first-order valence-electron chi connectivity index (χ1n) is 8.17. The van der Waals surface area contributed by atoms with Crippen molar-refractivity contribution >= 4 is 0 Å². The van der Waals surface area contributed by atoms with Crippen molar-refractivity contribution in [3.8, 4) is 5.75 Å². The third kappa shape index (κ3) is 4.19. The lowest BCUT2D eigenvalue weighted by Gasteiger charge is -2.32. The molecule has 2 aliphatic heterocycles. The summed E-state index contributed by atoms with van der Waals surface area (Å²) in [4.78, 5) is 4.99. The number of ether oxygens (including phenoxy) is 1. The van der Waals surface area contributed by atoms with E-state index >= 15 is 0 Å². The minimum absolute atomic E-state index is 0.844. The summed E-state index contributed by atoms with van der Waals surface area (Å²) in [6.07, 6.45) is 2.30. The average molecular weight is 289 g/mol. The summed E-state index contributed by atoms with van der Waals surface area (Å²) >= 11 is 0. The van der Waals surface area contributed by atoms with Gasteiger partial charge < -0.3 is 19.9 Å². The van der Waals surface area contributed by atoms with Gasteiger partial charge in [0.2, 0.25) is 0 Å². The zero-order chi connectivity index (χ0) is 14.5. The molecule has 0 unspecified atom stereocenters. The van der Waals surface area contributed by atoms with E-state index in [0.717, 1.165) is 31.9 Å². The highest BCUT2D eigenvalue weighted by Gasteiger charge is 2.13. The molecule has 4 nitrogen and oxygen atoms in total. The van der Waals surface area contributed by atoms with Crippen molar-refractivity contribution < 1.29 is 4.74 Å². The summed E-state index contributed by atoms with van der Waals surface area (Å²) < 4.78 is 5.54. The SMILES string of the molecule is CN1CCN(CCCNCc2ccc3c(c2)CCO3)CC1. The Morgan fingerprint density at radius 3 is 2.90 bits per heavy atom. The minimum atomic E-state index is 0.844. The van der Waals surface area contributed by atoms with Gasteiger partial charge in [0.25, 0.3) is 0 Å². The monoisotopic (exact) mass is 289 g/mol. The lowest BCUT2D eigenvalue weighted by Crippen LogP contribution is -2.45. The molecule has 4 heteroatoms. The standard InChI is InChI=1S/C17H27N3O/c1-19-8-10-20(11-9-19)7-2-6-18-14-15-3-4-17-16(13-15)5-12-21-17/h3-4,13,18H,2,5-12,14H2,1H3. The molecule has 0 radical (unpaired) electrons. The summed E-state index contributed by atoms with van der Waals surface area (Å²) in [7, 11) is 2.21. The molecule has 1 saturated heterocycles. The molecule has 1 fully saturated rings. The first kappa shape index (κ1) is 14.8. The highest BCUT2D eigenvalue weighted by atomic mass is 16.5. The molecule has 0 saturated carbocycles. The van der Waals surface area contributed by atoms with Crippen molar-refractivity contribution in [3.63, 3.8) is 0 Å². The Morgan fingerprint density at radius 1 is 1.19 bits per heavy atom. The van der Waals surface area contributed by atoms with Gasteiger partial charge in [0.15, 0.2) is 0 Å². The summed E-state index contributed by atoms with van der Waals surface area (Å²) in [5, 5.41) is 3.56. The number of piperazine rings is 1. The highest BCUT2D eigenvalue weighted by molar-refractivity contribution is 5.39. The largest absolute Gasteiger partial charge is 0.493 e. The molecule has 2 aliphatic rings. The zero-order valence-corrected chi connectivity index (χ0v) is 13.1. The van der Waals surface area contributed by atoms with Gasteiger partial charge in [-0.25, -0.2) is 0 Å². The first-order chi connectivity index (χ1) is 10.3. The molecule has 0 atom stereocenters. The Hall–Kier alpha value is -1.10. The number of benzene rings is 1. The predicted molar refractivity (Wildman–Crippen MR) is 85.9 cm³/mol. The normalized spacial score (nSPS) is 19.5. The lowest BCUT2D eigenvalue weighted by atomic mass is 10.1. The van der Waals surface area contributed by atoms with Gasteiger partial charge in [-0.3, -0.25) is 0 Å². The van der Waals surface area contributed by atoms with Crippen LogP contribution in [0.1, 0.15) is 17.5 Å². The Kier molecular flexibility index (Phi) is 5.12. The molecule has 21 heavy (non-hydrogen) atoms. The summed E-state index contributed by atoms with van der Waals surface area (Å²) in [6, 6.07) is 6.58. The van der Waals surface area contributed by atoms with Crippen molar-refractivity contribution in [2.75, 3.05) is 52.9 Å². The van der Waals surface area contributed by atoms with Crippen LogP contribution in [-0.4, -0.2) is 62.7 Å². The fourth-order valence-corrected chi connectivity index (χ4v) is 3.08. The molecule has 2 heterocycles. The second kappa shape index (κ2) is 7.25. The number of fused-ring (bicyclic) bond motifs is 1. The average Bonchev–Trinajstić information content (AvgIpc) is 2.96. The molecule has 0 aliphatic carbocycles. The van der Waals surface area contributed by atoms with Crippen molar-refractivity contribution in [1.82, 2.24) is 15.1 Å². The number of likely N-dealkylation sites (N-methyl/N-ethyl adjacent to an activating group) is 1. The third-order valence-electron chi connectivity index (χ3n) is 4.51. The second-order valence-electron chi connectivity index (χ2n) is 6.22. The summed E-state index contributed by atoms with van der Waals surface area (Å²) in [6.45, 7) is 9.00. The van der Waals surface area contributed by atoms with Crippen molar-refractivity contribution in [1.29, 1.82) is 0 Å². The number of rotatable bonds is 6. The maximum Gasteiger partial charge on any atom is 0.122 e. The van der Waals surface area contributed by atoms with Crippen LogP contribution in [0, 0.1) is 0 Å². The Morgan fingerprint density at radius 2 is 2.05 bits per heavy atom. The molecule has 1 N–H and O–H groups in total. The maximum absolute atomic E-state index is 5.54. The van der Waals surface area contributed by atoms with Crippen LogP contribution in [-0.2, 0) is 13.0 Å². The summed E-state index contributed by atoms with van der Waals surface area (Å²) in [5.41, 5.74) is 2.74. The quantitative estimate of drug-likeness (QED) is 0.800. The van der Waals surface area contributed by atoms with Crippen LogP contribution in [0.4, 0.5) is 0 Å². The van der Waals surface area contributed by atoms with Gasteiger partial charge in [-0.1, -0.05) is 12.1 Å². The van der Waals surface area contributed by atoms with Crippen molar-refractivity contribution in [2.45, 2.75) is 19.4 Å². The van der Waals surface area contributed by atoms with Crippen molar-refractivity contribution in [3.05, 3.63) is 29.3 Å². The highest BCUT2D eigenvalue weighted by Crippen LogP contribution is 2.25. The van der Waals surface area contributed by atoms with Crippen LogP contribution in [0.25, 0.3) is 0 Å². The van der Waals surface area contributed by atoms with Gasteiger partial charge in [0.1, 0.15) is 5.75 Å². The van der Waals surface area contributed by atoms with Gasteiger partial charge in [-0.15, -0.1) is 0 Å². The number of nitrogens with one attached hydrogen (secondary N) is 1. The van der Waals surface area contributed by atoms with Crippen LogP contribution < -0.4 is 10.1 Å². The number of hydrogen-bond donors (Lipinski definition) is 1. The van der Waals surface area contributed by atoms with E-state index in [-0.39, 0.29) is 0 Å². The predicted octanol–water partition coefficient (Wildman–Crippen LogP) is 1.35. The maximum atomic E-state index is 5.54. The fraction of sp³-hybridized carbons (Fsp3) is 0.647. The van der Waals surface area contributed by atoms with Crippen LogP contribution >= 0.6 is 0 Å². The molecule has 0 spiro atoms. The fourth-order valence-electron chi connectivity index (χ4n) is 3.08. The van der Waals surface area contributed by atoms with Crippen LogP contribution in [0.5, 0.6) is 5.75 Å². The number of hydrogen-bond acceptors (Lipinski definition) is 4. The third-order valence-corrected chi connectivity index (χ3v) is 4.51. The molecular formula is C17H27N3O. The summed E-state index contributed by atoms with van der Waals surface area (Å²) in [5.74, 6) is 1.08. The van der Waals surface area contributed by atoms with E-state index in [1.807, 2.05) is 0 Å². The minimum Gasteiger partial charge on any atom is -0.493 e. The van der Waals surface area contributed by atoms with Crippen LogP contribution in [0.3, 0.4) is 0 Å².